The first-order chi connectivity index (χ1) is 28.6. The molecule has 264 valence electrons. The molecule has 0 amide bonds. The van der Waals surface area contributed by atoms with Gasteiger partial charge < -0.3 is 9.47 Å². The Morgan fingerprint density at radius 1 is 0.411 bits per heavy atom. The zero-order chi connectivity index (χ0) is 39.0. The number of para-hydroxylation sites is 2. The molecule has 56 heavy (non-hydrogen) atoms. The number of hydrogen-bond donors (Lipinski definition) is 0. The Morgan fingerprint density at radius 2 is 0.946 bits per heavy atom. The highest BCUT2D eigenvalue weighted by Crippen LogP contribution is 2.44. The molecule has 10 rings (SSSR count). The third-order valence-corrected chi connectivity index (χ3v) is 10.6. The minimum absolute atomic E-state index is 0.167. The molecule has 1 aromatic heterocycles. The summed E-state index contributed by atoms with van der Waals surface area (Å²) >= 11 is 0. The minimum Gasteiger partial charge on any atom is -0.310 e. The summed E-state index contributed by atoms with van der Waals surface area (Å²) in [7, 11) is 0. The van der Waals surface area contributed by atoms with Crippen molar-refractivity contribution in [3.05, 3.63) is 230 Å². The fourth-order valence-electron chi connectivity index (χ4n) is 8.04. The summed E-state index contributed by atoms with van der Waals surface area (Å²) in [5.41, 5.74) is 10.9. The lowest BCUT2D eigenvalue weighted by Gasteiger charge is -2.27. The molecule has 2 nitrogen and oxygen atoms in total. The van der Waals surface area contributed by atoms with Gasteiger partial charge in [-0.05, 0) is 93.0 Å². The van der Waals surface area contributed by atoms with Crippen LogP contribution in [0.25, 0.3) is 72.6 Å². The van der Waals surface area contributed by atoms with Crippen LogP contribution in [-0.4, -0.2) is 4.57 Å². The summed E-state index contributed by atoms with van der Waals surface area (Å²) in [5, 5.41) is 5.78. The molecule has 1 heterocycles. The van der Waals surface area contributed by atoms with Crippen LogP contribution in [0.4, 0.5) is 17.1 Å². The van der Waals surface area contributed by atoms with Crippen LogP contribution in [-0.2, 0) is 0 Å². The average molecular weight is 717 g/mol. The second kappa shape index (κ2) is 14.4. The maximum Gasteiger partial charge on any atom is 0.0629 e. The van der Waals surface area contributed by atoms with E-state index in [1.807, 2.05) is 42.5 Å². The number of fused-ring (bicyclic) bond motifs is 4. The first kappa shape index (κ1) is 31.0. The molecule has 0 bridgehead atoms. The molecule has 0 aliphatic carbocycles. The maximum absolute atomic E-state index is 9.44. The third-order valence-electron chi connectivity index (χ3n) is 10.6. The van der Waals surface area contributed by atoms with Gasteiger partial charge >= 0.3 is 0 Å². The van der Waals surface area contributed by atoms with Crippen LogP contribution < -0.4 is 4.90 Å². The number of hydrogen-bond acceptors (Lipinski definition) is 1. The van der Waals surface area contributed by atoms with Gasteiger partial charge in [-0.3, -0.25) is 0 Å². The largest absolute Gasteiger partial charge is 0.310 e. The number of benzene rings is 9. The van der Waals surface area contributed by atoms with Gasteiger partial charge in [-0.15, -0.1) is 0 Å². The Balaban J connectivity index is 1.10. The predicted octanol–water partition coefficient (Wildman–Crippen LogP) is 14.9. The topological polar surface area (TPSA) is 8.17 Å². The molecular formula is C54H38N2. The molecule has 0 fully saturated rings. The smallest absolute Gasteiger partial charge is 0.0629 e. The fourth-order valence-corrected chi connectivity index (χ4v) is 8.04. The standard InChI is InChI=1S/C54H38N2/c1-5-17-41(18-6-1)53-50-37-40(33-36-51(50)56(45-24-11-4-12-25-45)54(53)42-19-7-2-8-20-42)30-29-39-31-34-46(35-32-39)55(44-22-9-3-10-23-44)52-38-43-21-13-14-26-47(43)48-27-15-16-28-49(48)52/h1-38H/b30-29+/i29D,30D. The number of aromatic nitrogens is 1. The first-order valence-electron chi connectivity index (χ1n) is 20.0. The van der Waals surface area contributed by atoms with Crippen LogP contribution in [0.3, 0.4) is 0 Å². The second-order valence-electron chi connectivity index (χ2n) is 14.0. The van der Waals surface area contributed by atoms with Crippen LogP contribution in [0.15, 0.2) is 218 Å². The van der Waals surface area contributed by atoms with Crippen molar-refractivity contribution in [3.63, 3.8) is 0 Å². The Labute approximate surface area is 330 Å². The lowest BCUT2D eigenvalue weighted by molar-refractivity contribution is 1.13. The monoisotopic (exact) mass is 716 g/mol. The minimum atomic E-state index is 0.167. The molecule has 0 radical (unpaired) electrons. The summed E-state index contributed by atoms with van der Waals surface area (Å²) in [6.45, 7) is 0. The van der Waals surface area contributed by atoms with Crippen molar-refractivity contribution >= 4 is 61.6 Å². The van der Waals surface area contributed by atoms with E-state index in [0.29, 0.717) is 11.1 Å². The van der Waals surface area contributed by atoms with Crippen molar-refractivity contribution in [3.8, 4) is 28.1 Å². The second-order valence-corrected chi connectivity index (χ2v) is 14.0. The van der Waals surface area contributed by atoms with Crippen molar-refractivity contribution in [2.45, 2.75) is 0 Å². The maximum atomic E-state index is 9.44. The van der Waals surface area contributed by atoms with Crippen molar-refractivity contribution in [2.75, 3.05) is 4.90 Å². The summed E-state index contributed by atoms with van der Waals surface area (Å²) in [4.78, 5) is 2.29. The van der Waals surface area contributed by atoms with Crippen molar-refractivity contribution < 1.29 is 2.74 Å². The van der Waals surface area contributed by atoms with Gasteiger partial charge in [0, 0.05) is 33.4 Å². The molecule has 0 aliphatic heterocycles. The zero-order valence-corrected chi connectivity index (χ0v) is 30.7. The van der Waals surface area contributed by atoms with E-state index in [9.17, 15) is 2.74 Å². The SMILES string of the molecule is [2H]/C(=C(/[2H])c1ccc2c(c1)c(-c1ccccc1)c(-c1ccccc1)n2-c1ccccc1)c1ccc(N(c2ccccc2)c2cc3ccccc3c3ccccc23)cc1. The third kappa shape index (κ3) is 6.04. The zero-order valence-electron chi connectivity index (χ0n) is 32.7. The number of rotatable bonds is 8. The fraction of sp³-hybridized carbons (Fsp3) is 0. The summed E-state index contributed by atoms with van der Waals surface area (Å²) in [5.74, 6) is 0. The molecule has 0 unspecified atom stereocenters. The van der Waals surface area contributed by atoms with E-state index in [-0.39, 0.29) is 12.1 Å². The van der Waals surface area contributed by atoms with Crippen molar-refractivity contribution in [1.29, 1.82) is 0 Å². The summed E-state index contributed by atoms with van der Waals surface area (Å²) in [6, 6.07) is 75.8. The highest BCUT2D eigenvalue weighted by molar-refractivity contribution is 6.14. The Bertz CT molecular complexity index is 3100. The van der Waals surface area contributed by atoms with Gasteiger partial charge in [0.2, 0.25) is 0 Å². The van der Waals surface area contributed by atoms with Gasteiger partial charge in [0.1, 0.15) is 0 Å². The van der Waals surface area contributed by atoms with Gasteiger partial charge in [0.05, 0.1) is 19.6 Å². The summed E-state index contributed by atoms with van der Waals surface area (Å²) in [6.07, 6.45) is 0. The van der Waals surface area contributed by atoms with Gasteiger partial charge in [0.15, 0.2) is 0 Å². The Hall–Kier alpha value is -7.42. The highest BCUT2D eigenvalue weighted by atomic mass is 15.1. The van der Waals surface area contributed by atoms with Crippen LogP contribution in [0.5, 0.6) is 0 Å². The molecule has 0 N–H and O–H groups in total. The van der Waals surface area contributed by atoms with Crippen molar-refractivity contribution in [1.82, 2.24) is 4.57 Å². The first-order valence-corrected chi connectivity index (χ1v) is 19.0. The Morgan fingerprint density at radius 3 is 1.66 bits per heavy atom. The molecule has 0 saturated carbocycles. The molecule has 0 spiro atoms. The van der Waals surface area contributed by atoms with Crippen LogP contribution in [0, 0.1) is 0 Å². The van der Waals surface area contributed by atoms with E-state index < -0.39 is 0 Å². The highest BCUT2D eigenvalue weighted by Gasteiger charge is 2.22. The van der Waals surface area contributed by atoms with Crippen molar-refractivity contribution in [2.24, 2.45) is 0 Å². The van der Waals surface area contributed by atoms with Gasteiger partial charge in [-0.25, -0.2) is 0 Å². The van der Waals surface area contributed by atoms with Crippen LogP contribution in [0.1, 0.15) is 13.9 Å². The molecule has 0 aliphatic rings. The van der Waals surface area contributed by atoms with E-state index in [2.05, 4.69) is 185 Å². The number of anilines is 3. The predicted molar refractivity (Wildman–Crippen MR) is 239 cm³/mol. The molecule has 2 heteroatoms. The van der Waals surface area contributed by atoms with Gasteiger partial charge in [0.25, 0.3) is 0 Å². The Kier molecular flexibility index (Phi) is 7.98. The molecule has 0 saturated heterocycles. The van der Waals surface area contributed by atoms with E-state index in [1.165, 1.54) is 16.2 Å². The van der Waals surface area contributed by atoms with Gasteiger partial charge in [-0.1, -0.05) is 176 Å². The van der Waals surface area contributed by atoms with Crippen LogP contribution in [0.2, 0.25) is 0 Å². The van der Waals surface area contributed by atoms with Gasteiger partial charge in [-0.2, -0.15) is 0 Å². The summed E-state index contributed by atoms with van der Waals surface area (Å²) < 4.78 is 21.1. The van der Waals surface area contributed by atoms with E-state index >= 15 is 0 Å². The van der Waals surface area contributed by atoms with E-state index in [4.69, 9.17) is 0 Å². The quantitative estimate of drug-likeness (QED) is 0.112. The lowest BCUT2D eigenvalue weighted by atomic mass is 9.97. The van der Waals surface area contributed by atoms with Crippen LogP contribution >= 0.6 is 0 Å². The normalized spacial score (nSPS) is 12.4. The molecule has 10 aromatic rings. The van der Waals surface area contributed by atoms with E-state index in [0.717, 1.165) is 61.4 Å². The molecular weight excluding hydrogens is 677 g/mol. The molecule has 0 atom stereocenters. The average Bonchev–Trinajstić information content (AvgIpc) is 3.65. The number of nitrogens with zero attached hydrogens (tertiary/aromatic N) is 2. The lowest BCUT2D eigenvalue weighted by Crippen LogP contribution is -2.10. The molecule has 9 aromatic carbocycles. The van der Waals surface area contributed by atoms with E-state index in [1.54, 1.807) is 0 Å².